The van der Waals surface area contributed by atoms with E-state index in [0.717, 1.165) is 29.0 Å². The maximum absolute atomic E-state index is 14.1. The highest BCUT2D eigenvalue weighted by molar-refractivity contribution is 6.31. The molecule has 0 unspecified atom stereocenters. The van der Waals surface area contributed by atoms with Gasteiger partial charge in [0.25, 0.3) is 0 Å². The van der Waals surface area contributed by atoms with Gasteiger partial charge in [0.2, 0.25) is 0 Å². The van der Waals surface area contributed by atoms with Gasteiger partial charge in [-0.3, -0.25) is 4.68 Å². The van der Waals surface area contributed by atoms with Crippen molar-refractivity contribution in [2.45, 2.75) is 59.8 Å². The second-order valence-corrected chi connectivity index (χ2v) is 8.02. The first-order valence-corrected chi connectivity index (χ1v) is 10.5. The summed E-state index contributed by atoms with van der Waals surface area (Å²) in [6.45, 7) is 10.5. The standard InChI is InChI=1S/C24H28ClF3N2O2/c1-7-18(16(5)22-21(32-24(27)28)9-8-20(26)23(22)25)13(2)10-14(3)19-11-29-30(17(19)6)12-15(4)31/h7-11,15-16,24,31H,2,12H2,1,3-6H3/b14-10+,18-7+/t15-,16-/m0/s1. The predicted molar refractivity (Wildman–Crippen MR) is 122 cm³/mol. The fraction of sp³-hybridized carbons (Fsp3) is 0.375. The lowest BCUT2D eigenvalue weighted by Gasteiger charge is -2.22. The summed E-state index contributed by atoms with van der Waals surface area (Å²) in [6, 6.07) is 2.15. The van der Waals surface area contributed by atoms with Crippen molar-refractivity contribution in [1.82, 2.24) is 9.78 Å². The number of halogens is 4. The number of nitrogens with zero attached hydrogens (tertiary/aromatic N) is 2. The minimum Gasteiger partial charge on any atom is -0.434 e. The Labute approximate surface area is 191 Å². The molecule has 174 valence electrons. The molecule has 32 heavy (non-hydrogen) atoms. The molecule has 1 heterocycles. The molecular formula is C24H28ClF3N2O2. The van der Waals surface area contributed by atoms with Crippen molar-refractivity contribution in [2.75, 3.05) is 0 Å². The summed E-state index contributed by atoms with van der Waals surface area (Å²) >= 11 is 6.15. The quantitative estimate of drug-likeness (QED) is 0.418. The fourth-order valence-electron chi connectivity index (χ4n) is 3.71. The summed E-state index contributed by atoms with van der Waals surface area (Å²) in [4.78, 5) is 0. The lowest BCUT2D eigenvalue weighted by Crippen LogP contribution is -2.14. The monoisotopic (exact) mass is 468 g/mol. The van der Waals surface area contributed by atoms with Gasteiger partial charge >= 0.3 is 6.61 Å². The summed E-state index contributed by atoms with van der Waals surface area (Å²) in [5.74, 6) is -1.46. The van der Waals surface area contributed by atoms with Crippen LogP contribution < -0.4 is 4.74 Å². The molecule has 0 amide bonds. The molecule has 1 N–H and O–H groups in total. The van der Waals surface area contributed by atoms with Crippen LogP contribution in [0.5, 0.6) is 5.75 Å². The molecule has 1 aromatic heterocycles. The van der Waals surface area contributed by atoms with Crippen LogP contribution in [0, 0.1) is 12.7 Å². The van der Waals surface area contributed by atoms with E-state index in [0.29, 0.717) is 17.7 Å². The van der Waals surface area contributed by atoms with Crippen LogP contribution >= 0.6 is 11.6 Å². The minimum atomic E-state index is -3.07. The van der Waals surface area contributed by atoms with Gasteiger partial charge in [-0.2, -0.15) is 13.9 Å². The van der Waals surface area contributed by atoms with Crippen molar-refractivity contribution in [1.29, 1.82) is 0 Å². The van der Waals surface area contributed by atoms with Gasteiger partial charge in [-0.1, -0.05) is 37.3 Å². The van der Waals surface area contributed by atoms with Gasteiger partial charge in [-0.25, -0.2) is 4.39 Å². The molecule has 0 spiro atoms. The van der Waals surface area contributed by atoms with Gasteiger partial charge in [-0.05, 0) is 56.5 Å². The van der Waals surface area contributed by atoms with Crippen LogP contribution in [-0.2, 0) is 6.54 Å². The number of rotatable bonds is 9. The molecule has 0 aliphatic heterocycles. The van der Waals surface area contributed by atoms with E-state index in [-0.39, 0.29) is 16.3 Å². The van der Waals surface area contributed by atoms with E-state index in [4.69, 9.17) is 11.6 Å². The fourth-order valence-corrected chi connectivity index (χ4v) is 4.03. The maximum Gasteiger partial charge on any atom is 0.387 e. The van der Waals surface area contributed by atoms with Crippen LogP contribution in [0.3, 0.4) is 0 Å². The van der Waals surface area contributed by atoms with E-state index in [1.807, 2.05) is 19.9 Å². The molecule has 2 rings (SSSR count). The second kappa shape index (κ2) is 10.9. The van der Waals surface area contributed by atoms with Gasteiger partial charge in [0, 0.05) is 22.7 Å². The van der Waals surface area contributed by atoms with Crippen LogP contribution in [0.2, 0.25) is 5.02 Å². The number of aromatic nitrogens is 2. The molecule has 8 heteroatoms. The van der Waals surface area contributed by atoms with Crippen LogP contribution in [0.1, 0.15) is 50.4 Å². The van der Waals surface area contributed by atoms with Gasteiger partial charge < -0.3 is 9.84 Å². The zero-order valence-electron chi connectivity index (χ0n) is 18.8. The van der Waals surface area contributed by atoms with E-state index < -0.39 is 24.5 Å². The average Bonchev–Trinajstić information content (AvgIpc) is 3.04. The van der Waals surface area contributed by atoms with Crippen molar-refractivity contribution in [3.8, 4) is 5.75 Å². The summed E-state index contributed by atoms with van der Waals surface area (Å²) < 4.78 is 46.2. The second-order valence-electron chi connectivity index (χ2n) is 7.64. The van der Waals surface area contributed by atoms with E-state index in [1.165, 1.54) is 0 Å². The number of allylic oxidation sites excluding steroid dienone is 5. The number of benzene rings is 1. The SMILES string of the molecule is C=C(/C=C(\C)c1cnn(C[C@H](C)O)c1C)/C(=C\C)[C@H](C)c1c(OC(F)F)ccc(F)c1Cl. The summed E-state index contributed by atoms with van der Waals surface area (Å²) in [6.07, 6.45) is 4.82. The average molecular weight is 469 g/mol. The molecule has 0 saturated carbocycles. The van der Waals surface area contributed by atoms with E-state index in [2.05, 4.69) is 16.4 Å². The highest BCUT2D eigenvalue weighted by Gasteiger charge is 2.24. The van der Waals surface area contributed by atoms with Gasteiger partial charge in [0.15, 0.2) is 0 Å². The Morgan fingerprint density at radius 2 is 2.00 bits per heavy atom. The summed E-state index contributed by atoms with van der Waals surface area (Å²) in [5.41, 5.74) is 4.09. The molecule has 0 bridgehead atoms. The zero-order chi connectivity index (χ0) is 24.2. The van der Waals surface area contributed by atoms with Crippen molar-refractivity contribution in [3.63, 3.8) is 0 Å². The van der Waals surface area contributed by atoms with Gasteiger partial charge in [-0.15, -0.1) is 0 Å². The highest BCUT2D eigenvalue weighted by Crippen LogP contribution is 2.41. The largest absolute Gasteiger partial charge is 0.434 e. The lowest BCUT2D eigenvalue weighted by molar-refractivity contribution is -0.0505. The van der Waals surface area contributed by atoms with Crippen molar-refractivity contribution < 1.29 is 23.0 Å². The number of ether oxygens (including phenoxy) is 1. The Kier molecular flexibility index (Phi) is 8.75. The molecular weight excluding hydrogens is 441 g/mol. The maximum atomic E-state index is 14.1. The molecule has 0 saturated heterocycles. The minimum absolute atomic E-state index is 0.133. The normalized spacial score (nSPS) is 14.6. The van der Waals surface area contributed by atoms with Gasteiger partial charge in [0.1, 0.15) is 11.6 Å². The number of alkyl halides is 2. The molecule has 0 fully saturated rings. The third-order valence-corrected chi connectivity index (χ3v) is 5.63. The van der Waals surface area contributed by atoms with E-state index >= 15 is 0 Å². The van der Waals surface area contributed by atoms with Crippen LogP contribution in [0.25, 0.3) is 5.57 Å². The van der Waals surface area contributed by atoms with Crippen molar-refractivity contribution >= 4 is 17.2 Å². The van der Waals surface area contributed by atoms with Crippen LogP contribution in [0.4, 0.5) is 13.2 Å². The predicted octanol–water partition coefficient (Wildman–Crippen LogP) is 6.68. The molecule has 4 nitrogen and oxygen atoms in total. The third-order valence-electron chi connectivity index (χ3n) is 5.25. The summed E-state index contributed by atoms with van der Waals surface area (Å²) in [7, 11) is 0. The molecule has 2 aromatic rings. The Morgan fingerprint density at radius 3 is 2.56 bits per heavy atom. The Hall–Kier alpha value is -2.51. The number of hydrogen-bond donors (Lipinski definition) is 1. The number of aliphatic hydroxyl groups is 1. The molecule has 0 radical (unpaired) electrons. The zero-order valence-corrected chi connectivity index (χ0v) is 19.6. The van der Waals surface area contributed by atoms with E-state index in [9.17, 15) is 18.3 Å². The first kappa shape index (κ1) is 25.7. The highest BCUT2D eigenvalue weighted by atomic mass is 35.5. The lowest BCUT2D eigenvalue weighted by atomic mass is 9.86. The Morgan fingerprint density at radius 1 is 1.34 bits per heavy atom. The van der Waals surface area contributed by atoms with Crippen LogP contribution in [-0.4, -0.2) is 27.6 Å². The third kappa shape index (κ3) is 5.84. The van der Waals surface area contributed by atoms with Crippen LogP contribution in [0.15, 0.2) is 48.2 Å². The number of aliphatic hydroxyl groups excluding tert-OH is 1. The van der Waals surface area contributed by atoms with E-state index in [1.54, 1.807) is 37.7 Å². The Balaban J connectivity index is 2.40. The molecule has 0 aliphatic rings. The molecule has 2 atom stereocenters. The first-order valence-electron chi connectivity index (χ1n) is 10.1. The van der Waals surface area contributed by atoms with Crippen molar-refractivity contribution in [2.24, 2.45) is 0 Å². The Bertz CT molecular complexity index is 1040. The smallest absolute Gasteiger partial charge is 0.387 e. The summed E-state index contributed by atoms with van der Waals surface area (Å²) in [5, 5.41) is 13.7. The molecule has 0 aliphatic carbocycles. The first-order chi connectivity index (χ1) is 15.0. The van der Waals surface area contributed by atoms with Gasteiger partial charge in [0.05, 0.1) is 23.9 Å². The number of hydrogen-bond acceptors (Lipinski definition) is 3. The topological polar surface area (TPSA) is 47.3 Å². The molecule has 1 aromatic carbocycles. The van der Waals surface area contributed by atoms with Crippen molar-refractivity contribution in [3.05, 3.63) is 75.9 Å².